The molecule has 0 radical (unpaired) electrons. The van der Waals surface area contributed by atoms with Crippen molar-refractivity contribution in [3.05, 3.63) is 232 Å². The Hall–Kier alpha value is -6.70. The molecule has 0 heterocycles. The minimum atomic E-state index is -0.387. The van der Waals surface area contributed by atoms with Crippen LogP contribution in [-0.2, 0) is 17.3 Å². The van der Waals surface area contributed by atoms with Gasteiger partial charge < -0.3 is 4.90 Å². The van der Waals surface area contributed by atoms with Gasteiger partial charge in [0, 0.05) is 22.5 Å². The van der Waals surface area contributed by atoms with E-state index < -0.39 is 0 Å². The molecule has 1 fully saturated rings. The molecular weight excluding hydrogens is 783 g/mol. The Morgan fingerprint density at radius 1 is 0.492 bits per heavy atom. The van der Waals surface area contributed by atoms with Crippen LogP contribution in [0.25, 0.3) is 44.5 Å². The molecule has 0 N–H and O–H groups in total. The lowest BCUT2D eigenvalue weighted by molar-refractivity contribution is 0.321. The van der Waals surface area contributed by atoms with Crippen LogP contribution in [0.4, 0.5) is 17.1 Å². The van der Waals surface area contributed by atoms with Crippen molar-refractivity contribution in [3.8, 4) is 44.5 Å². The topological polar surface area (TPSA) is 3.24 Å². The number of nitrogens with zero attached hydrogens (tertiary/aromatic N) is 1. The maximum absolute atomic E-state index is 4.34. The molecule has 65 heavy (non-hydrogen) atoms. The number of allylic oxidation sites excluding steroid dienone is 1. The van der Waals surface area contributed by atoms with E-state index in [-0.39, 0.29) is 10.8 Å². The van der Waals surface area contributed by atoms with Crippen LogP contribution in [0.3, 0.4) is 0 Å². The fourth-order valence-corrected chi connectivity index (χ4v) is 12.8. The monoisotopic (exact) mass is 839 g/mol. The molecule has 2 atom stereocenters. The van der Waals surface area contributed by atoms with Crippen molar-refractivity contribution in [1.82, 2.24) is 0 Å². The maximum atomic E-state index is 4.34. The third kappa shape index (κ3) is 6.19. The van der Waals surface area contributed by atoms with Crippen LogP contribution in [0.2, 0.25) is 0 Å². The quantitative estimate of drug-likeness (QED) is 0.145. The van der Waals surface area contributed by atoms with E-state index in [9.17, 15) is 0 Å². The third-order valence-electron chi connectivity index (χ3n) is 15.8. The number of benzene rings is 8. The second-order valence-corrected chi connectivity index (χ2v) is 20.5. The number of rotatable bonds is 7. The summed E-state index contributed by atoms with van der Waals surface area (Å²) in [7, 11) is 0. The van der Waals surface area contributed by atoms with E-state index in [1.807, 2.05) is 0 Å². The Labute approximate surface area is 386 Å². The van der Waals surface area contributed by atoms with E-state index in [1.165, 1.54) is 126 Å². The molecule has 1 spiro atoms. The molecule has 1 nitrogen and oxygen atoms in total. The predicted octanol–water partition coefficient (Wildman–Crippen LogP) is 17.0. The van der Waals surface area contributed by atoms with E-state index in [4.69, 9.17) is 0 Å². The van der Waals surface area contributed by atoms with Gasteiger partial charge in [0.25, 0.3) is 0 Å². The maximum Gasteiger partial charge on any atom is 0.0725 e. The molecule has 8 aromatic rings. The van der Waals surface area contributed by atoms with Crippen LogP contribution in [0.1, 0.15) is 96.5 Å². The number of hydrogen-bond donors (Lipinski definition) is 0. The Morgan fingerprint density at radius 2 is 0.985 bits per heavy atom. The van der Waals surface area contributed by atoms with E-state index >= 15 is 0 Å². The summed E-state index contributed by atoms with van der Waals surface area (Å²) >= 11 is 0. The standard InChI is InChI=1S/C64H57N/c1-40-15-29-53-54-30-16-41(2)37-62(54)64(61(53)36-40)59-14-10-8-12-52(59)56-39-50(28-32-60(56)64)65(49-27-31-58-55(38-49)51-11-7-9-13-57(51)63(58,5)6)48-25-23-47(24-26-48)46-21-19-44(20-22-46)17-18-45-34-42(3)33-43(4)35-45/h7-16,19-32,36-39,43,45H,3,17-18,33-35H2,1-2,4-6H3. The summed E-state index contributed by atoms with van der Waals surface area (Å²) in [5, 5.41) is 0. The van der Waals surface area contributed by atoms with E-state index in [2.05, 4.69) is 216 Å². The Bertz CT molecular complexity index is 3160. The third-order valence-corrected chi connectivity index (χ3v) is 15.8. The minimum Gasteiger partial charge on any atom is -0.310 e. The normalized spacial score (nSPS) is 17.8. The first-order chi connectivity index (χ1) is 31.6. The van der Waals surface area contributed by atoms with Gasteiger partial charge in [0.2, 0.25) is 0 Å². The van der Waals surface area contributed by atoms with Crippen molar-refractivity contribution in [3.63, 3.8) is 0 Å². The number of anilines is 3. The fraction of sp³-hybridized carbons (Fsp3) is 0.219. The van der Waals surface area contributed by atoms with Gasteiger partial charge in [-0.15, -0.1) is 0 Å². The van der Waals surface area contributed by atoms with Crippen molar-refractivity contribution >= 4 is 17.1 Å². The molecule has 1 saturated carbocycles. The second kappa shape index (κ2) is 14.9. The van der Waals surface area contributed by atoms with Crippen molar-refractivity contribution in [2.75, 3.05) is 4.90 Å². The first kappa shape index (κ1) is 39.9. The highest BCUT2D eigenvalue weighted by Gasteiger charge is 2.52. The molecule has 0 aliphatic heterocycles. The summed E-state index contributed by atoms with van der Waals surface area (Å²) in [5.74, 6) is 1.53. The van der Waals surface area contributed by atoms with Crippen molar-refractivity contribution < 1.29 is 0 Å². The van der Waals surface area contributed by atoms with Gasteiger partial charge in [0.15, 0.2) is 0 Å². The van der Waals surface area contributed by atoms with Crippen molar-refractivity contribution in [2.45, 2.75) is 77.6 Å². The van der Waals surface area contributed by atoms with Crippen LogP contribution in [-0.4, -0.2) is 0 Å². The van der Waals surface area contributed by atoms with E-state index in [1.54, 1.807) is 0 Å². The summed E-state index contributed by atoms with van der Waals surface area (Å²) in [6.07, 6.45) is 6.11. The van der Waals surface area contributed by atoms with E-state index in [0.717, 1.165) is 35.3 Å². The zero-order chi connectivity index (χ0) is 44.2. The zero-order valence-electron chi connectivity index (χ0n) is 38.5. The van der Waals surface area contributed by atoms with Crippen LogP contribution < -0.4 is 4.90 Å². The Balaban J connectivity index is 0.967. The van der Waals surface area contributed by atoms with Gasteiger partial charge in [0.05, 0.1) is 5.41 Å². The number of hydrogen-bond acceptors (Lipinski definition) is 1. The van der Waals surface area contributed by atoms with Crippen LogP contribution in [0.15, 0.2) is 182 Å². The highest BCUT2D eigenvalue weighted by atomic mass is 15.1. The minimum absolute atomic E-state index is 0.0633. The largest absolute Gasteiger partial charge is 0.310 e. The van der Waals surface area contributed by atoms with Crippen LogP contribution in [0, 0.1) is 25.7 Å². The Morgan fingerprint density at radius 3 is 1.62 bits per heavy atom. The Kier molecular flexibility index (Phi) is 9.15. The van der Waals surface area contributed by atoms with Gasteiger partial charge in [0.1, 0.15) is 0 Å². The average molecular weight is 840 g/mol. The highest BCUT2D eigenvalue weighted by molar-refractivity contribution is 5.97. The summed E-state index contributed by atoms with van der Waals surface area (Å²) in [6.45, 7) is 15.9. The number of fused-ring (bicyclic) bond motifs is 13. The molecule has 0 bridgehead atoms. The fourth-order valence-electron chi connectivity index (χ4n) is 12.8. The molecule has 0 aromatic heterocycles. The van der Waals surface area contributed by atoms with Gasteiger partial charge in [-0.25, -0.2) is 0 Å². The lowest BCUT2D eigenvalue weighted by atomic mass is 9.70. The molecule has 4 aliphatic rings. The van der Waals surface area contributed by atoms with Crippen molar-refractivity contribution in [2.24, 2.45) is 11.8 Å². The van der Waals surface area contributed by atoms with E-state index in [0.29, 0.717) is 0 Å². The van der Waals surface area contributed by atoms with Gasteiger partial charge in [-0.05, 0) is 178 Å². The van der Waals surface area contributed by atoms with Gasteiger partial charge in [-0.1, -0.05) is 178 Å². The van der Waals surface area contributed by atoms with Gasteiger partial charge >= 0.3 is 0 Å². The molecular formula is C64H57N. The predicted molar refractivity (Wildman–Crippen MR) is 274 cm³/mol. The summed E-state index contributed by atoms with van der Waals surface area (Å²) in [6, 6.07) is 65.4. The van der Waals surface area contributed by atoms with Gasteiger partial charge in [-0.3, -0.25) is 0 Å². The lowest BCUT2D eigenvalue weighted by Gasteiger charge is -2.31. The molecule has 0 saturated heterocycles. The summed E-state index contributed by atoms with van der Waals surface area (Å²) in [5.41, 5.74) is 27.2. The van der Waals surface area contributed by atoms with Crippen molar-refractivity contribution in [1.29, 1.82) is 0 Å². The molecule has 12 rings (SSSR count). The molecule has 1 heteroatoms. The first-order valence-corrected chi connectivity index (χ1v) is 24.0. The SMILES string of the molecule is C=C1CC(C)CC(CCc2ccc(-c3ccc(N(c4ccc5c(c4)-c4ccccc4C5(C)C)c4ccc5c(c4)-c4ccccc4C54c5cc(C)ccc5-c5ccc(C)cc54)cc3)cc2)C1. The smallest absolute Gasteiger partial charge is 0.0725 e. The molecule has 318 valence electrons. The first-order valence-electron chi connectivity index (χ1n) is 24.0. The summed E-state index contributed by atoms with van der Waals surface area (Å²) in [4.78, 5) is 2.49. The lowest BCUT2D eigenvalue weighted by Crippen LogP contribution is -2.26. The van der Waals surface area contributed by atoms with Crippen LogP contribution in [0.5, 0.6) is 0 Å². The summed E-state index contributed by atoms with van der Waals surface area (Å²) < 4.78 is 0. The average Bonchev–Trinajstić information content (AvgIpc) is 3.85. The second-order valence-electron chi connectivity index (χ2n) is 20.5. The molecule has 8 aromatic carbocycles. The zero-order valence-corrected chi connectivity index (χ0v) is 38.5. The number of aryl methyl sites for hydroxylation is 3. The highest BCUT2D eigenvalue weighted by Crippen LogP contribution is 2.63. The molecule has 2 unspecified atom stereocenters. The van der Waals surface area contributed by atoms with Crippen LogP contribution >= 0.6 is 0 Å². The molecule has 4 aliphatic carbocycles. The molecule has 0 amide bonds. The van der Waals surface area contributed by atoms with Gasteiger partial charge in [-0.2, -0.15) is 0 Å².